The number of hydrogen-bond acceptors (Lipinski definition) is 5. The van der Waals surface area contributed by atoms with Gasteiger partial charge in [0.05, 0.1) is 25.9 Å². The van der Waals surface area contributed by atoms with Crippen molar-refractivity contribution in [1.82, 2.24) is 0 Å². The molecule has 0 saturated carbocycles. The van der Waals surface area contributed by atoms with Crippen molar-refractivity contribution in [1.29, 1.82) is 0 Å². The smallest absolute Gasteiger partial charge is 0.159 e. The number of rotatable bonds is 7. The lowest BCUT2D eigenvalue weighted by molar-refractivity contribution is 0.101. The minimum Gasteiger partial charge on any atom is -0.497 e. The Balaban J connectivity index is 1.55. The van der Waals surface area contributed by atoms with Gasteiger partial charge in [-0.1, -0.05) is 0 Å². The Morgan fingerprint density at radius 3 is 2.64 bits per heavy atom. The third kappa shape index (κ3) is 4.24. The van der Waals surface area contributed by atoms with Crippen molar-refractivity contribution < 1.29 is 19.0 Å². The van der Waals surface area contributed by atoms with Gasteiger partial charge in [-0.25, -0.2) is 0 Å². The molecule has 1 aliphatic rings. The molecule has 0 aliphatic carbocycles. The van der Waals surface area contributed by atoms with Gasteiger partial charge in [-0.15, -0.1) is 0 Å². The lowest BCUT2D eigenvalue weighted by Gasteiger charge is -2.31. The number of Topliss-reactive ketones (excluding diaryl/α,β-unsaturated/α-hetero) is 1. The van der Waals surface area contributed by atoms with Crippen LogP contribution in [-0.2, 0) is 0 Å². The maximum atomic E-state index is 11.6. The standard InChI is InChI=1S/C20H23NO4/c1-15(22)16-4-9-20-19(14-16)21(11-13-25-20)10-3-12-24-18-7-5-17(23-2)6-8-18/h4-9,14H,3,10-13H2,1-2H3. The van der Waals surface area contributed by atoms with Crippen LogP contribution in [0.25, 0.3) is 0 Å². The summed E-state index contributed by atoms with van der Waals surface area (Å²) >= 11 is 0. The number of ether oxygens (including phenoxy) is 3. The highest BCUT2D eigenvalue weighted by Crippen LogP contribution is 2.32. The molecule has 0 unspecified atom stereocenters. The van der Waals surface area contributed by atoms with Crippen LogP contribution in [0.15, 0.2) is 42.5 Å². The normalized spacial score (nSPS) is 13.0. The Kier molecular flexibility index (Phi) is 5.43. The molecular formula is C20H23NO4. The van der Waals surface area contributed by atoms with E-state index in [2.05, 4.69) is 4.90 Å². The summed E-state index contributed by atoms with van der Waals surface area (Å²) < 4.78 is 16.6. The first-order chi connectivity index (χ1) is 12.2. The molecule has 0 aromatic heterocycles. The highest BCUT2D eigenvalue weighted by Gasteiger charge is 2.19. The van der Waals surface area contributed by atoms with Gasteiger partial charge in [0.1, 0.15) is 23.9 Å². The van der Waals surface area contributed by atoms with Crippen molar-refractivity contribution in [2.75, 3.05) is 38.3 Å². The molecule has 0 amide bonds. The minimum absolute atomic E-state index is 0.0659. The average molecular weight is 341 g/mol. The topological polar surface area (TPSA) is 48.0 Å². The molecule has 1 heterocycles. The van der Waals surface area contributed by atoms with Crippen molar-refractivity contribution in [3.8, 4) is 17.2 Å². The zero-order chi connectivity index (χ0) is 17.6. The van der Waals surface area contributed by atoms with Gasteiger partial charge in [0, 0.05) is 12.1 Å². The molecule has 1 aliphatic heterocycles. The average Bonchev–Trinajstić information content (AvgIpc) is 2.65. The third-order valence-corrected chi connectivity index (χ3v) is 4.23. The molecule has 2 aromatic rings. The molecular weight excluding hydrogens is 318 g/mol. The number of fused-ring (bicyclic) bond motifs is 1. The second kappa shape index (κ2) is 7.92. The number of nitrogens with zero attached hydrogens (tertiary/aromatic N) is 1. The maximum Gasteiger partial charge on any atom is 0.159 e. The van der Waals surface area contributed by atoms with Crippen LogP contribution in [0, 0.1) is 0 Å². The van der Waals surface area contributed by atoms with E-state index in [9.17, 15) is 4.79 Å². The number of hydrogen-bond donors (Lipinski definition) is 0. The van der Waals surface area contributed by atoms with E-state index >= 15 is 0 Å². The molecule has 0 atom stereocenters. The van der Waals surface area contributed by atoms with Crippen molar-refractivity contribution in [3.63, 3.8) is 0 Å². The van der Waals surface area contributed by atoms with Crippen LogP contribution >= 0.6 is 0 Å². The maximum absolute atomic E-state index is 11.6. The molecule has 0 bridgehead atoms. The highest BCUT2D eigenvalue weighted by molar-refractivity contribution is 5.95. The summed E-state index contributed by atoms with van der Waals surface area (Å²) in [4.78, 5) is 13.9. The Morgan fingerprint density at radius 1 is 1.16 bits per heavy atom. The van der Waals surface area contributed by atoms with Gasteiger partial charge in [0.25, 0.3) is 0 Å². The van der Waals surface area contributed by atoms with Crippen LogP contribution in [-0.4, -0.2) is 39.2 Å². The Bertz CT molecular complexity index is 727. The van der Waals surface area contributed by atoms with Gasteiger partial charge in [-0.3, -0.25) is 4.79 Å². The fraction of sp³-hybridized carbons (Fsp3) is 0.350. The summed E-state index contributed by atoms with van der Waals surface area (Å²) in [5, 5.41) is 0. The first-order valence-corrected chi connectivity index (χ1v) is 8.47. The molecule has 2 aromatic carbocycles. The molecule has 0 radical (unpaired) electrons. The summed E-state index contributed by atoms with van der Waals surface area (Å²) in [5.41, 5.74) is 1.70. The zero-order valence-corrected chi connectivity index (χ0v) is 14.7. The number of methoxy groups -OCH3 is 1. The van der Waals surface area contributed by atoms with Crippen LogP contribution in [0.4, 0.5) is 5.69 Å². The second-order valence-corrected chi connectivity index (χ2v) is 5.95. The zero-order valence-electron chi connectivity index (χ0n) is 14.7. The van der Waals surface area contributed by atoms with Gasteiger partial charge in [0.15, 0.2) is 5.78 Å². The minimum atomic E-state index is 0.0659. The number of ketones is 1. The summed E-state index contributed by atoms with van der Waals surface area (Å²) in [6.45, 7) is 4.54. The van der Waals surface area contributed by atoms with Crippen molar-refractivity contribution in [2.45, 2.75) is 13.3 Å². The van der Waals surface area contributed by atoms with E-state index in [4.69, 9.17) is 14.2 Å². The Morgan fingerprint density at radius 2 is 1.92 bits per heavy atom. The molecule has 0 fully saturated rings. The van der Waals surface area contributed by atoms with Gasteiger partial charge in [-0.05, 0) is 55.8 Å². The van der Waals surface area contributed by atoms with Gasteiger partial charge in [-0.2, -0.15) is 0 Å². The third-order valence-electron chi connectivity index (χ3n) is 4.23. The second-order valence-electron chi connectivity index (χ2n) is 5.95. The lowest BCUT2D eigenvalue weighted by atomic mass is 10.1. The van der Waals surface area contributed by atoms with Crippen molar-refractivity contribution in [2.24, 2.45) is 0 Å². The summed E-state index contributed by atoms with van der Waals surface area (Å²) in [7, 11) is 1.65. The van der Waals surface area contributed by atoms with Gasteiger partial charge >= 0.3 is 0 Å². The first kappa shape index (κ1) is 17.1. The summed E-state index contributed by atoms with van der Waals surface area (Å²) in [6, 6.07) is 13.2. The SMILES string of the molecule is COc1ccc(OCCCN2CCOc3ccc(C(C)=O)cc32)cc1. The molecule has 25 heavy (non-hydrogen) atoms. The number of anilines is 1. The monoisotopic (exact) mass is 341 g/mol. The van der Waals surface area contributed by atoms with E-state index in [1.54, 1.807) is 14.0 Å². The molecule has 5 heteroatoms. The Hall–Kier alpha value is -2.69. The van der Waals surface area contributed by atoms with Crippen LogP contribution in [0.3, 0.4) is 0 Å². The van der Waals surface area contributed by atoms with Crippen LogP contribution in [0.1, 0.15) is 23.7 Å². The predicted molar refractivity (Wildman–Crippen MR) is 97.3 cm³/mol. The molecule has 3 rings (SSSR count). The van der Waals surface area contributed by atoms with E-state index < -0.39 is 0 Å². The fourth-order valence-electron chi connectivity index (χ4n) is 2.84. The molecule has 132 valence electrons. The molecule has 5 nitrogen and oxygen atoms in total. The predicted octanol–water partition coefficient (Wildman–Crippen LogP) is 3.57. The molecule has 0 N–H and O–H groups in total. The van der Waals surface area contributed by atoms with E-state index in [1.165, 1.54) is 0 Å². The van der Waals surface area contributed by atoms with E-state index in [-0.39, 0.29) is 5.78 Å². The number of carbonyl (C=O) groups is 1. The van der Waals surface area contributed by atoms with Crippen molar-refractivity contribution >= 4 is 11.5 Å². The summed E-state index contributed by atoms with van der Waals surface area (Å²) in [5.74, 6) is 2.56. The Labute approximate surface area is 148 Å². The molecule has 0 spiro atoms. The van der Waals surface area contributed by atoms with Crippen molar-refractivity contribution in [3.05, 3.63) is 48.0 Å². The first-order valence-electron chi connectivity index (χ1n) is 8.47. The van der Waals surface area contributed by atoms with Gasteiger partial charge < -0.3 is 19.1 Å². The number of benzene rings is 2. The summed E-state index contributed by atoms with van der Waals surface area (Å²) in [6.07, 6.45) is 0.885. The van der Waals surface area contributed by atoms with E-state index in [1.807, 2.05) is 42.5 Å². The van der Waals surface area contributed by atoms with Crippen LogP contribution in [0.2, 0.25) is 0 Å². The molecule has 0 saturated heterocycles. The lowest BCUT2D eigenvalue weighted by Crippen LogP contribution is -2.34. The quantitative estimate of drug-likeness (QED) is 0.569. The van der Waals surface area contributed by atoms with Crippen LogP contribution < -0.4 is 19.1 Å². The fourth-order valence-corrected chi connectivity index (χ4v) is 2.84. The van der Waals surface area contributed by atoms with E-state index in [0.717, 1.165) is 42.4 Å². The highest BCUT2D eigenvalue weighted by atomic mass is 16.5. The largest absolute Gasteiger partial charge is 0.497 e. The van der Waals surface area contributed by atoms with E-state index in [0.29, 0.717) is 18.8 Å². The van der Waals surface area contributed by atoms with Gasteiger partial charge in [0.2, 0.25) is 0 Å². The number of carbonyl (C=O) groups excluding carboxylic acids is 1. The van der Waals surface area contributed by atoms with Crippen LogP contribution in [0.5, 0.6) is 17.2 Å².